The highest BCUT2D eigenvalue weighted by molar-refractivity contribution is 6.07. The molecule has 3 N–H and O–H groups in total. The summed E-state index contributed by atoms with van der Waals surface area (Å²) in [5, 5.41) is 17.7. The Labute approximate surface area is 115 Å². The molecule has 1 aromatic rings. The van der Waals surface area contributed by atoms with Gasteiger partial charge in [-0.05, 0) is 13.8 Å². The first-order valence-electron chi connectivity index (χ1n) is 5.80. The van der Waals surface area contributed by atoms with Crippen molar-refractivity contribution in [1.29, 1.82) is 0 Å². The summed E-state index contributed by atoms with van der Waals surface area (Å²) >= 11 is 0. The van der Waals surface area contributed by atoms with E-state index in [1.807, 2.05) is 0 Å². The van der Waals surface area contributed by atoms with Crippen LogP contribution in [0, 0.1) is 0 Å². The second-order valence-electron chi connectivity index (χ2n) is 4.11. The topological polar surface area (TPSA) is 113 Å². The highest BCUT2D eigenvalue weighted by Crippen LogP contribution is 2.10. The minimum Gasteiger partial charge on any atom is -0.478 e. The average molecular weight is 280 g/mol. The smallest absolute Gasteiger partial charge is 0.331 e. The van der Waals surface area contributed by atoms with Gasteiger partial charge < -0.3 is 15.7 Å². The predicted molar refractivity (Wildman–Crippen MR) is 70.9 cm³/mol. The van der Waals surface area contributed by atoms with E-state index < -0.39 is 11.9 Å². The third-order valence-electron chi connectivity index (χ3n) is 2.70. The molecule has 1 heterocycles. The number of nitrogens with zero attached hydrogens (tertiary/aromatic N) is 2. The number of anilines is 1. The van der Waals surface area contributed by atoms with Crippen LogP contribution in [0.2, 0.25) is 0 Å². The molecule has 0 fully saturated rings. The van der Waals surface area contributed by atoms with Gasteiger partial charge in [0.05, 0.1) is 11.9 Å². The predicted octanol–water partition coefficient (Wildman–Crippen LogP) is -0.0114. The number of likely N-dealkylation sites (N-methyl/N-ethyl adjacent to an activating group) is 1. The fourth-order valence-electron chi connectivity index (χ4n) is 1.30. The van der Waals surface area contributed by atoms with Crippen molar-refractivity contribution in [3.63, 3.8) is 0 Å². The van der Waals surface area contributed by atoms with E-state index in [0.29, 0.717) is 5.69 Å². The molecule has 0 bridgehead atoms. The number of carboxylic acids is 1. The van der Waals surface area contributed by atoms with Gasteiger partial charge in [0.15, 0.2) is 0 Å². The van der Waals surface area contributed by atoms with Gasteiger partial charge in [0, 0.05) is 24.4 Å². The number of nitrogens with one attached hydrogen (secondary N) is 2. The molecule has 0 aliphatic heterocycles. The number of hydrogen-bond donors (Lipinski definition) is 3. The van der Waals surface area contributed by atoms with Crippen molar-refractivity contribution in [3.05, 3.63) is 23.5 Å². The Bertz CT molecular complexity index is 574. The van der Waals surface area contributed by atoms with Crippen LogP contribution in [0.5, 0.6) is 0 Å². The van der Waals surface area contributed by atoms with E-state index in [0.717, 1.165) is 0 Å². The summed E-state index contributed by atoms with van der Waals surface area (Å²) in [6, 6.07) is 0. The summed E-state index contributed by atoms with van der Waals surface area (Å²) < 4.78 is 1.36. The van der Waals surface area contributed by atoms with Crippen molar-refractivity contribution in [1.82, 2.24) is 15.1 Å². The lowest BCUT2D eigenvalue weighted by Gasteiger charge is -2.04. The Hall–Kier alpha value is -2.64. The number of aliphatic carboxylic acids is 1. The zero-order chi connectivity index (χ0) is 15.3. The Morgan fingerprint density at radius 3 is 2.50 bits per heavy atom. The van der Waals surface area contributed by atoms with Crippen LogP contribution in [-0.4, -0.2) is 39.7 Å². The molecule has 0 aliphatic carbocycles. The minimum absolute atomic E-state index is 0.0275. The van der Waals surface area contributed by atoms with E-state index >= 15 is 0 Å². The Kier molecular flexibility index (Phi) is 5.01. The monoisotopic (exact) mass is 280 g/mol. The van der Waals surface area contributed by atoms with Crippen LogP contribution in [0.3, 0.4) is 0 Å². The van der Waals surface area contributed by atoms with Gasteiger partial charge >= 0.3 is 5.97 Å². The van der Waals surface area contributed by atoms with Crippen molar-refractivity contribution in [2.75, 3.05) is 12.4 Å². The summed E-state index contributed by atoms with van der Waals surface area (Å²) in [4.78, 5) is 33.7. The Morgan fingerprint density at radius 1 is 1.30 bits per heavy atom. The van der Waals surface area contributed by atoms with E-state index in [2.05, 4.69) is 15.7 Å². The number of aromatic nitrogens is 2. The van der Waals surface area contributed by atoms with Gasteiger partial charge in [0.1, 0.15) is 6.54 Å². The van der Waals surface area contributed by atoms with Crippen LogP contribution in [0.15, 0.2) is 23.5 Å². The van der Waals surface area contributed by atoms with Crippen LogP contribution in [0.25, 0.3) is 0 Å². The molecule has 8 nitrogen and oxygen atoms in total. The summed E-state index contributed by atoms with van der Waals surface area (Å²) in [5.74, 6) is -1.89. The fourth-order valence-corrected chi connectivity index (χ4v) is 1.30. The number of amides is 2. The lowest BCUT2D eigenvalue weighted by atomic mass is 10.1. The van der Waals surface area contributed by atoms with E-state index in [1.165, 1.54) is 38.0 Å². The lowest BCUT2D eigenvalue weighted by Crippen LogP contribution is -2.23. The van der Waals surface area contributed by atoms with Crippen LogP contribution in [-0.2, 0) is 20.9 Å². The molecule has 0 saturated heterocycles. The largest absolute Gasteiger partial charge is 0.478 e. The quantitative estimate of drug-likeness (QED) is 0.656. The maximum atomic E-state index is 11.8. The first-order valence-corrected chi connectivity index (χ1v) is 5.80. The highest BCUT2D eigenvalue weighted by Gasteiger charge is 2.13. The lowest BCUT2D eigenvalue weighted by molar-refractivity contribution is -0.133. The van der Waals surface area contributed by atoms with E-state index in [-0.39, 0.29) is 23.6 Å². The minimum atomic E-state index is -1.15. The molecule has 1 aromatic heterocycles. The number of hydrogen-bond acceptors (Lipinski definition) is 4. The van der Waals surface area contributed by atoms with Gasteiger partial charge in [-0.2, -0.15) is 5.10 Å². The van der Waals surface area contributed by atoms with Crippen molar-refractivity contribution in [2.45, 2.75) is 20.4 Å². The fraction of sp³-hybridized carbons (Fsp3) is 0.333. The first-order chi connectivity index (χ1) is 9.35. The maximum Gasteiger partial charge on any atom is 0.331 e. The van der Waals surface area contributed by atoms with Gasteiger partial charge in [0.2, 0.25) is 5.91 Å². The summed E-state index contributed by atoms with van der Waals surface area (Å²) in [6.45, 7) is 2.81. The molecule has 2 amide bonds. The maximum absolute atomic E-state index is 11.8. The van der Waals surface area contributed by atoms with Crippen LogP contribution < -0.4 is 10.6 Å². The van der Waals surface area contributed by atoms with E-state index in [9.17, 15) is 14.4 Å². The van der Waals surface area contributed by atoms with E-state index in [1.54, 1.807) is 0 Å². The Morgan fingerprint density at radius 2 is 1.95 bits per heavy atom. The third-order valence-corrected chi connectivity index (χ3v) is 2.70. The molecular formula is C12H16N4O4. The van der Waals surface area contributed by atoms with Gasteiger partial charge in [-0.25, -0.2) is 4.79 Å². The molecular weight excluding hydrogens is 264 g/mol. The molecule has 1 rings (SSSR count). The van der Waals surface area contributed by atoms with Crippen molar-refractivity contribution in [2.24, 2.45) is 0 Å². The first kappa shape index (κ1) is 15.4. The SMILES string of the molecule is CNC(=O)Cn1cc(NC(=O)C(C)=C(C)C(=O)O)cn1. The molecule has 8 heteroatoms. The molecule has 108 valence electrons. The van der Waals surface area contributed by atoms with E-state index in [4.69, 9.17) is 5.11 Å². The van der Waals surface area contributed by atoms with Crippen LogP contribution in [0.4, 0.5) is 5.69 Å². The van der Waals surface area contributed by atoms with Crippen molar-refractivity contribution < 1.29 is 19.5 Å². The van der Waals surface area contributed by atoms with Crippen LogP contribution >= 0.6 is 0 Å². The number of carbonyl (C=O) groups is 3. The zero-order valence-corrected chi connectivity index (χ0v) is 11.4. The zero-order valence-electron chi connectivity index (χ0n) is 11.4. The van der Waals surface area contributed by atoms with Gasteiger partial charge in [0.25, 0.3) is 5.91 Å². The Balaban J connectivity index is 2.75. The molecule has 0 saturated carbocycles. The second-order valence-corrected chi connectivity index (χ2v) is 4.11. The summed E-state index contributed by atoms with van der Waals surface area (Å²) in [5.41, 5.74) is 0.466. The number of carboxylic acid groups (broad SMARTS) is 1. The van der Waals surface area contributed by atoms with Gasteiger partial charge in [-0.1, -0.05) is 0 Å². The van der Waals surface area contributed by atoms with Gasteiger partial charge in [-0.3, -0.25) is 14.3 Å². The molecule has 20 heavy (non-hydrogen) atoms. The average Bonchev–Trinajstić information content (AvgIpc) is 2.83. The molecule has 0 atom stereocenters. The van der Waals surface area contributed by atoms with Gasteiger partial charge in [-0.15, -0.1) is 0 Å². The highest BCUT2D eigenvalue weighted by atomic mass is 16.4. The number of carbonyl (C=O) groups excluding carboxylic acids is 2. The van der Waals surface area contributed by atoms with Crippen molar-refractivity contribution >= 4 is 23.5 Å². The number of rotatable bonds is 5. The summed E-state index contributed by atoms with van der Waals surface area (Å²) in [7, 11) is 1.51. The molecule has 0 radical (unpaired) electrons. The molecule has 0 spiro atoms. The third kappa shape index (κ3) is 3.94. The second kappa shape index (κ2) is 6.50. The standard InChI is InChI=1S/C12H16N4O4/c1-7(8(2)12(19)20)11(18)15-9-4-14-16(5-9)6-10(17)13-3/h4-5H,6H2,1-3H3,(H,13,17)(H,15,18)(H,19,20). The van der Waals surface area contributed by atoms with Crippen molar-refractivity contribution in [3.8, 4) is 0 Å². The molecule has 0 aromatic carbocycles. The molecule has 0 aliphatic rings. The summed E-state index contributed by atoms with van der Waals surface area (Å²) in [6.07, 6.45) is 2.86. The van der Waals surface area contributed by atoms with Crippen LogP contribution in [0.1, 0.15) is 13.8 Å². The molecule has 0 unspecified atom stereocenters. The normalized spacial score (nSPS) is 11.6.